The van der Waals surface area contributed by atoms with Crippen molar-refractivity contribution in [3.05, 3.63) is 85.5 Å². The summed E-state index contributed by atoms with van der Waals surface area (Å²) in [5.74, 6) is 2.28. The number of nitrogens with zero attached hydrogens (tertiary/aromatic N) is 1. The van der Waals surface area contributed by atoms with Gasteiger partial charge in [0.15, 0.2) is 11.5 Å². The van der Waals surface area contributed by atoms with Gasteiger partial charge in [-0.15, -0.1) is 6.58 Å². The molecule has 4 rings (SSSR count). The molecule has 6 nitrogen and oxygen atoms in total. The molecule has 3 aromatic carbocycles. The number of para-hydroxylation sites is 1. The van der Waals surface area contributed by atoms with Crippen molar-refractivity contribution in [2.24, 2.45) is 0 Å². The molecule has 0 unspecified atom stereocenters. The standard InChI is InChI=1S/C23H21NO5S/c1-2-14-24(18-8-10-20(11-9-18)29-19-6-4-3-5-7-19)30(25,26)21-12-13-22-23(17-21)28-16-15-27-22/h2-13,17H,1,14-16H2. The number of hydrogen-bond donors (Lipinski definition) is 0. The maximum absolute atomic E-state index is 13.3. The lowest BCUT2D eigenvalue weighted by Crippen LogP contribution is -2.31. The van der Waals surface area contributed by atoms with Gasteiger partial charge in [0.2, 0.25) is 0 Å². The molecule has 0 atom stereocenters. The lowest BCUT2D eigenvalue weighted by Gasteiger charge is -2.25. The SMILES string of the molecule is C=CCN(c1ccc(Oc2ccccc2)cc1)S(=O)(=O)c1ccc2c(c1)OCCO2. The minimum absolute atomic E-state index is 0.121. The molecule has 0 N–H and O–H groups in total. The van der Waals surface area contributed by atoms with E-state index in [0.29, 0.717) is 41.9 Å². The first-order valence-corrected chi connectivity index (χ1v) is 10.9. The van der Waals surface area contributed by atoms with E-state index in [2.05, 4.69) is 6.58 Å². The summed E-state index contributed by atoms with van der Waals surface area (Å²) in [7, 11) is -3.84. The molecule has 0 bridgehead atoms. The quantitative estimate of drug-likeness (QED) is 0.519. The molecule has 0 radical (unpaired) electrons. The minimum atomic E-state index is -3.84. The Morgan fingerprint density at radius 2 is 1.57 bits per heavy atom. The maximum atomic E-state index is 13.3. The Labute approximate surface area is 176 Å². The summed E-state index contributed by atoms with van der Waals surface area (Å²) in [6.45, 7) is 4.65. The zero-order chi connectivity index (χ0) is 21.0. The fourth-order valence-electron chi connectivity index (χ4n) is 3.08. The van der Waals surface area contributed by atoms with E-state index in [9.17, 15) is 8.42 Å². The number of ether oxygens (including phenoxy) is 3. The second-order valence-corrected chi connectivity index (χ2v) is 8.40. The van der Waals surface area contributed by atoms with Crippen molar-refractivity contribution in [1.29, 1.82) is 0 Å². The molecule has 0 aliphatic carbocycles. The summed E-state index contributed by atoms with van der Waals surface area (Å²) in [4.78, 5) is 0.123. The van der Waals surface area contributed by atoms with E-state index in [4.69, 9.17) is 14.2 Å². The Kier molecular flexibility index (Phi) is 5.63. The van der Waals surface area contributed by atoms with E-state index >= 15 is 0 Å². The number of rotatable bonds is 7. The van der Waals surface area contributed by atoms with Crippen LogP contribution in [0.3, 0.4) is 0 Å². The molecule has 0 saturated carbocycles. The van der Waals surface area contributed by atoms with Gasteiger partial charge >= 0.3 is 0 Å². The first kappa shape index (κ1) is 19.8. The van der Waals surface area contributed by atoms with E-state index in [1.54, 1.807) is 36.4 Å². The van der Waals surface area contributed by atoms with Crippen LogP contribution in [-0.2, 0) is 10.0 Å². The molecule has 0 spiro atoms. The predicted molar refractivity (Wildman–Crippen MR) is 115 cm³/mol. The van der Waals surface area contributed by atoms with E-state index in [-0.39, 0.29) is 11.4 Å². The van der Waals surface area contributed by atoms with Crippen molar-refractivity contribution in [3.8, 4) is 23.0 Å². The second kappa shape index (κ2) is 8.51. The average molecular weight is 423 g/mol. The Morgan fingerprint density at radius 3 is 2.27 bits per heavy atom. The van der Waals surface area contributed by atoms with Gasteiger partial charge in [0.05, 0.1) is 17.1 Å². The molecule has 0 amide bonds. The van der Waals surface area contributed by atoms with Crippen LogP contribution in [0.1, 0.15) is 0 Å². The van der Waals surface area contributed by atoms with Gasteiger partial charge in [0, 0.05) is 6.07 Å². The maximum Gasteiger partial charge on any atom is 0.264 e. The first-order chi connectivity index (χ1) is 14.6. The number of anilines is 1. The highest BCUT2D eigenvalue weighted by Crippen LogP contribution is 2.34. The minimum Gasteiger partial charge on any atom is -0.486 e. The third-order valence-corrected chi connectivity index (χ3v) is 6.29. The number of hydrogen-bond acceptors (Lipinski definition) is 5. The highest BCUT2D eigenvalue weighted by atomic mass is 32.2. The van der Waals surface area contributed by atoms with Crippen LogP contribution >= 0.6 is 0 Å². The molecular formula is C23H21NO5S. The zero-order valence-electron chi connectivity index (χ0n) is 16.2. The van der Waals surface area contributed by atoms with E-state index < -0.39 is 10.0 Å². The molecule has 30 heavy (non-hydrogen) atoms. The third kappa shape index (κ3) is 4.11. The average Bonchev–Trinajstić information content (AvgIpc) is 2.78. The lowest BCUT2D eigenvalue weighted by atomic mass is 10.3. The number of sulfonamides is 1. The van der Waals surface area contributed by atoms with Gasteiger partial charge in [-0.3, -0.25) is 4.31 Å². The number of fused-ring (bicyclic) bond motifs is 1. The predicted octanol–water partition coefficient (Wildman–Crippen LogP) is 4.63. The monoisotopic (exact) mass is 423 g/mol. The van der Waals surface area contributed by atoms with E-state index in [1.165, 1.54) is 16.4 Å². The Bertz CT molecular complexity index is 1130. The van der Waals surface area contributed by atoms with Crippen LogP contribution in [0, 0.1) is 0 Å². The molecule has 1 heterocycles. The molecule has 0 saturated heterocycles. The summed E-state index contributed by atoms with van der Waals surface area (Å²) in [6, 6.07) is 20.9. The largest absolute Gasteiger partial charge is 0.486 e. The van der Waals surface area contributed by atoms with E-state index in [0.717, 1.165) is 0 Å². The lowest BCUT2D eigenvalue weighted by molar-refractivity contribution is 0.171. The summed E-state index contributed by atoms with van der Waals surface area (Å²) >= 11 is 0. The van der Waals surface area contributed by atoms with Crippen molar-refractivity contribution < 1.29 is 22.6 Å². The van der Waals surface area contributed by atoms with Crippen molar-refractivity contribution in [1.82, 2.24) is 0 Å². The summed E-state index contributed by atoms with van der Waals surface area (Å²) in [5.41, 5.74) is 0.505. The molecular weight excluding hydrogens is 402 g/mol. The van der Waals surface area contributed by atoms with Gasteiger partial charge in [-0.1, -0.05) is 24.3 Å². The van der Waals surface area contributed by atoms with Gasteiger partial charge in [-0.25, -0.2) is 8.42 Å². The smallest absolute Gasteiger partial charge is 0.264 e. The van der Waals surface area contributed by atoms with Crippen LogP contribution in [0.4, 0.5) is 5.69 Å². The number of benzene rings is 3. The van der Waals surface area contributed by atoms with Gasteiger partial charge in [-0.2, -0.15) is 0 Å². The normalized spacial score (nSPS) is 12.8. The molecule has 0 aromatic heterocycles. The van der Waals surface area contributed by atoms with Crippen LogP contribution < -0.4 is 18.5 Å². The Hall–Kier alpha value is -3.45. The molecule has 7 heteroatoms. The highest BCUT2D eigenvalue weighted by molar-refractivity contribution is 7.92. The fraction of sp³-hybridized carbons (Fsp3) is 0.130. The summed E-state index contributed by atoms with van der Waals surface area (Å²) in [5, 5.41) is 0. The molecule has 3 aromatic rings. The van der Waals surface area contributed by atoms with Crippen LogP contribution in [0.25, 0.3) is 0 Å². The molecule has 1 aliphatic rings. The van der Waals surface area contributed by atoms with Gasteiger partial charge in [-0.05, 0) is 48.5 Å². The van der Waals surface area contributed by atoms with Crippen molar-refractivity contribution in [2.45, 2.75) is 4.90 Å². The molecule has 154 valence electrons. The topological polar surface area (TPSA) is 65.1 Å². The first-order valence-electron chi connectivity index (χ1n) is 9.44. The molecule has 1 aliphatic heterocycles. The fourth-order valence-corrected chi connectivity index (χ4v) is 4.53. The van der Waals surface area contributed by atoms with Crippen LogP contribution in [-0.4, -0.2) is 28.2 Å². The van der Waals surface area contributed by atoms with Crippen molar-refractivity contribution in [3.63, 3.8) is 0 Å². The van der Waals surface area contributed by atoms with Crippen molar-refractivity contribution in [2.75, 3.05) is 24.1 Å². The Balaban J connectivity index is 1.62. The zero-order valence-corrected chi connectivity index (χ0v) is 17.0. The summed E-state index contributed by atoms with van der Waals surface area (Å²) in [6.07, 6.45) is 1.55. The van der Waals surface area contributed by atoms with Crippen molar-refractivity contribution >= 4 is 15.7 Å². The second-order valence-electron chi connectivity index (χ2n) is 6.54. The van der Waals surface area contributed by atoms with Crippen LogP contribution in [0.5, 0.6) is 23.0 Å². The van der Waals surface area contributed by atoms with Crippen LogP contribution in [0.15, 0.2) is 90.3 Å². The van der Waals surface area contributed by atoms with E-state index in [1.807, 2.05) is 30.3 Å². The third-order valence-electron chi connectivity index (χ3n) is 4.50. The van der Waals surface area contributed by atoms with Gasteiger partial charge in [0.1, 0.15) is 24.7 Å². The van der Waals surface area contributed by atoms with Gasteiger partial charge in [0.25, 0.3) is 10.0 Å². The highest BCUT2D eigenvalue weighted by Gasteiger charge is 2.26. The molecule has 0 fully saturated rings. The van der Waals surface area contributed by atoms with Gasteiger partial charge < -0.3 is 14.2 Å². The van der Waals surface area contributed by atoms with Crippen LogP contribution in [0.2, 0.25) is 0 Å². The Morgan fingerprint density at radius 1 is 0.900 bits per heavy atom. The summed E-state index contributed by atoms with van der Waals surface area (Å²) < 4.78 is 44.8.